The number of nitrogens with zero attached hydrogens (tertiary/aromatic N) is 1. The first-order chi connectivity index (χ1) is 21.3. The third-order valence-electron chi connectivity index (χ3n) is 9.68. The van der Waals surface area contributed by atoms with Crippen LogP contribution >= 0.6 is 0 Å². The molecule has 0 radical (unpaired) electrons. The van der Waals surface area contributed by atoms with Gasteiger partial charge in [-0.25, -0.2) is 0 Å². The Bertz CT molecular complexity index is 617. The molecule has 0 saturated heterocycles. The molecule has 43 heavy (non-hydrogen) atoms. The number of anilines is 1. The summed E-state index contributed by atoms with van der Waals surface area (Å²) >= 11 is 0. The second-order valence-corrected chi connectivity index (χ2v) is 13.9. The molecule has 0 unspecified atom stereocenters. The molecule has 0 N–H and O–H groups in total. The Hall–Kier alpha value is -0.980. The molecule has 0 aromatic heterocycles. The van der Waals surface area contributed by atoms with E-state index in [0.717, 1.165) is 0 Å². The predicted octanol–water partition coefficient (Wildman–Crippen LogP) is 14.8. The molecule has 0 saturated carbocycles. The van der Waals surface area contributed by atoms with Crippen LogP contribution in [0.3, 0.4) is 0 Å². The number of rotatable bonds is 34. The smallest absolute Gasteiger partial charge is 0.0366 e. The molecular weight excluding hydrogens is 518 g/mol. The molecule has 252 valence electrons. The average Bonchev–Trinajstić information content (AvgIpc) is 3.03. The quantitative estimate of drug-likeness (QED) is 0.0714. The highest BCUT2D eigenvalue weighted by atomic mass is 15.1. The van der Waals surface area contributed by atoms with Crippen molar-refractivity contribution in [3.8, 4) is 0 Å². The molecule has 0 bridgehead atoms. The van der Waals surface area contributed by atoms with E-state index in [4.69, 9.17) is 0 Å². The van der Waals surface area contributed by atoms with Crippen molar-refractivity contribution in [3.63, 3.8) is 0 Å². The first kappa shape index (κ1) is 40.0. The molecule has 0 amide bonds. The largest absolute Gasteiger partial charge is 0.372 e. The first-order valence-electron chi connectivity index (χ1n) is 20.2. The van der Waals surface area contributed by atoms with Gasteiger partial charge >= 0.3 is 0 Å². The van der Waals surface area contributed by atoms with Crippen molar-refractivity contribution in [1.82, 2.24) is 0 Å². The Morgan fingerprint density at radius 1 is 0.326 bits per heavy atom. The van der Waals surface area contributed by atoms with Crippen LogP contribution in [0.2, 0.25) is 0 Å². The van der Waals surface area contributed by atoms with Crippen LogP contribution in [0.15, 0.2) is 24.3 Å². The molecule has 1 heteroatoms. The number of hydrogen-bond donors (Lipinski definition) is 0. The Morgan fingerprint density at radius 2 is 0.605 bits per heavy atom. The van der Waals surface area contributed by atoms with Crippen molar-refractivity contribution < 1.29 is 0 Å². The monoisotopic (exact) mass is 598 g/mol. The van der Waals surface area contributed by atoms with Gasteiger partial charge in [0.2, 0.25) is 0 Å². The van der Waals surface area contributed by atoms with Gasteiger partial charge in [0.25, 0.3) is 0 Å². The Balaban J connectivity index is 2.17. The summed E-state index contributed by atoms with van der Waals surface area (Å²) in [6.45, 7) is 9.40. The highest BCUT2D eigenvalue weighted by Crippen LogP contribution is 2.20. The summed E-state index contributed by atoms with van der Waals surface area (Å²) in [6, 6.07) is 9.63. The maximum atomic E-state index is 2.71. The average molecular weight is 598 g/mol. The van der Waals surface area contributed by atoms with E-state index in [1.807, 2.05) is 0 Å². The van der Waals surface area contributed by atoms with Crippen molar-refractivity contribution in [1.29, 1.82) is 0 Å². The van der Waals surface area contributed by atoms with E-state index in [1.165, 1.54) is 223 Å². The zero-order valence-corrected chi connectivity index (χ0v) is 30.1. The van der Waals surface area contributed by atoms with Crippen LogP contribution in [-0.2, 0) is 6.42 Å². The number of hydrogen-bond acceptors (Lipinski definition) is 1. The van der Waals surface area contributed by atoms with E-state index in [-0.39, 0.29) is 0 Å². The van der Waals surface area contributed by atoms with Crippen molar-refractivity contribution in [2.45, 2.75) is 220 Å². The van der Waals surface area contributed by atoms with Crippen LogP contribution in [0.1, 0.15) is 219 Å². The van der Waals surface area contributed by atoms with Gasteiger partial charge in [-0.1, -0.05) is 206 Å². The van der Waals surface area contributed by atoms with Gasteiger partial charge in [-0.05, 0) is 43.4 Å². The summed E-state index contributed by atoms with van der Waals surface area (Å²) < 4.78 is 0. The molecule has 0 spiro atoms. The van der Waals surface area contributed by atoms with E-state index < -0.39 is 0 Å². The summed E-state index contributed by atoms with van der Waals surface area (Å²) in [5, 5.41) is 0. The summed E-state index contributed by atoms with van der Waals surface area (Å²) in [6.07, 6.45) is 44.1. The minimum Gasteiger partial charge on any atom is -0.372 e. The fraction of sp³-hybridized carbons (Fsp3) is 0.857. The standard InChI is InChI=1S/C42H79N/c1-4-7-10-12-14-16-18-20-22-24-26-28-30-32-39-43(42-37-35-41(36-38-42)34-9-6-3)40-33-31-29-27-25-23-21-19-17-15-13-11-8-5-2/h35-38H,4-34,39-40H2,1-3H3. The van der Waals surface area contributed by atoms with Crippen LogP contribution in [0, 0.1) is 0 Å². The highest BCUT2D eigenvalue weighted by Gasteiger charge is 2.07. The van der Waals surface area contributed by atoms with Crippen LogP contribution in [0.5, 0.6) is 0 Å². The van der Waals surface area contributed by atoms with Gasteiger partial charge in [-0.3, -0.25) is 0 Å². The lowest BCUT2D eigenvalue weighted by Gasteiger charge is -2.25. The van der Waals surface area contributed by atoms with E-state index >= 15 is 0 Å². The minimum absolute atomic E-state index is 1.23. The third-order valence-corrected chi connectivity index (χ3v) is 9.68. The van der Waals surface area contributed by atoms with E-state index in [1.54, 1.807) is 0 Å². The molecule has 1 aromatic rings. The van der Waals surface area contributed by atoms with Crippen molar-refractivity contribution in [3.05, 3.63) is 29.8 Å². The van der Waals surface area contributed by atoms with Crippen LogP contribution in [0.4, 0.5) is 5.69 Å². The molecule has 1 rings (SSSR count). The molecular formula is C42H79N. The number of aryl methyl sites for hydroxylation is 1. The van der Waals surface area contributed by atoms with E-state index in [2.05, 4.69) is 49.9 Å². The molecule has 0 aliphatic carbocycles. The number of unbranched alkanes of at least 4 members (excludes halogenated alkanes) is 27. The van der Waals surface area contributed by atoms with Gasteiger partial charge < -0.3 is 4.90 Å². The van der Waals surface area contributed by atoms with Gasteiger partial charge in [0, 0.05) is 18.8 Å². The molecule has 0 atom stereocenters. The summed E-state index contributed by atoms with van der Waals surface area (Å²) in [5.74, 6) is 0. The van der Waals surface area contributed by atoms with Crippen molar-refractivity contribution >= 4 is 5.69 Å². The lowest BCUT2D eigenvalue weighted by atomic mass is 10.0. The Kier molecular flexibility index (Phi) is 30.2. The van der Waals surface area contributed by atoms with Crippen LogP contribution in [0.25, 0.3) is 0 Å². The Morgan fingerprint density at radius 3 is 0.907 bits per heavy atom. The highest BCUT2D eigenvalue weighted by molar-refractivity contribution is 5.47. The van der Waals surface area contributed by atoms with Gasteiger partial charge in [0.05, 0.1) is 0 Å². The van der Waals surface area contributed by atoms with E-state index in [0.29, 0.717) is 0 Å². The number of benzene rings is 1. The van der Waals surface area contributed by atoms with Gasteiger partial charge in [-0.2, -0.15) is 0 Å². The zero-order valence-electron chi connectivity index (χ0n) is 30.1. The van der Waals surface area contributed by atoms with E-state index in [9.17, 15) is 0 Å². The first-order valence-corrected chi connectivity index (χ1v) is 20.2. The molecule has 0 aliphatic rings. The maximum absolute atomic E-state index is 2.71. The molecule has 1 nitrogen and oxygen atoms in total. The molecule has 0 aliphatic heterocycles. The normalized spacial score (nSPS) is 11.4. The Labute approximate surface area is 272 Å². The fourth-order valence-corrected chi connectivity index (χ4v) is 6.62. The lowest BCUT2D eigenvalue weighted by Crippen LogP contribution is -2.25. The summed E-state index contributed by atoms with van der Waals surface area (Å²) in [4.78, 5) is 2.71. The lowest BCUT2D eigenvalue weighted by molar-refractivity contribution is 0.529. The SMILES string of the molecule is CCCCCCCCCCCCCCCCN(CCCCCCCCCCCCCCCC)c1ccc(CCCC)cc1. The fourth-order valence-electron chi connectivity index (χ4n) is 6.62. The van der Waals surface area contributed by atoms with Crippen molar-refractivity contribution in [2.75, 3.05) is 18.0 Å². The maximum Gasteiger partial charge on any atom is 0.0366 e. The van der Waals surface area contributed by atoms with Crippen LogP contribution in [-0.4, -0.2) is 13.1 Å². The van der Waals surface area contributed by atoms with Gasteiger partial charge in [0.1, 0.15) is 0 Å². The predicted molar refractivity (Wildman–Crippen MR) is 198 cm³/mol. The zero-order chi connectivity index (χ0) is 30.9. The molecule has 1 aromatic carbocycles. The van der Waals surface area contributed by atoms with Crippen LogP contribution < -0.4 is 4.90 Å². The van der Waals surface area contributed by atoms with Crippen molar-refractivity contribution in [2.24, 2.45) is 0 Å². The second kappa shape index (κ2) is 32.4. The summed E-state index contributed by atoms with van der Waals surface area (Å²) in [5.41, 5.74) is 2.98. The molecule has 0 fully saturated rings. The second-order valence-electron chi connectivity index (χ2n) is 13.9. The van der Waals surface area contributed by atoms with Gasteiger partial charge in [0.15, 0.2) is 0 Å². The summed E-state index contributed by atoms with van der Waals surface area (Å²) in [7, 11) is 0. The topological polar surface area (TPSA) is 3.24 Å². The minimum atomic E-state index is 1.23. The third kappa shape index (κ3) is 26.0. The molecule has 0 heterocycles. The van der Waals surface area contributed by atoms with Gasteiger partial charge in [-0.15, -0.1) is 0 Å².